The Kier molecular flexibility index (Phi) is 3.11. The van der Waals surface area contributed by atoms with Crippen LogP contribution < -0.4 is 22.1 Å². The van der Waals surface area contributed by atoms with Crippen LogP contribution in [0.2, 0.25) is 0 Å². The highest BCUT2D eigenvalue weighted by molar-refractivity contribution is 7.19. The second-order valence-corrected chi connectivity index (χ2v) is 7.33. The maximum Gasteiger partial charge on any atom is 0.268 e. The molecule has 116 valence electrons. The predicted molar refractivity (Wildman–Crippen MR) is 88.4 cm³/mol. The average molecular weight is 317 g/mol. The van der Waals surface area contributed by atoms with Gasteiger partial charge in [-0.2, -0.15) is 0 Å². The molecule has 2 aromatic heterocycles. The SMILES string of the molecule is CC1=C(c2cc3nc(CCC4(N)CC4)[nH]c(=O)c3s2)CNN1. The van der Waals surface area contributed by atoms with Crippen molar-refractivity contribution in [2.45, 2.75) is 38.1 Å². The number of nitrogens with two attached hydrogens (primary N) is 1. The number of nitrogens with zero attached hydrogens (tertiary/aromatic N) is 1. The number of hydrogen-bond acceptors (Lipinski definition) is 6. The standard InChI is InChI=1S/C15H19N5OS/c1-8-9(7-17-20-8)11-6-10-13(22-11)14(21)19-12(18-10)2-3-15(16)4-5-15/h6,17,20H,2-5,7,16H2,1H3,(H,18,19,21). The topological polar surface area (TPSA) is 95.8 Å². The van der Waals surface area contributed by atoms with E-state index in [1.165, 1.54) is 16.9 Å². The molecule has 1 fully saturated rings. The Morgan fingerprint density at radius 2 is 2.27 bits per heavy atom. The molecule has 0 saturated heterocycles. The molecule has 1 aliphatic carbocycles. The zero-order valence-corrected chi connectivity index (χ0v) is 13.3. The third-order valence-corrected chi connectivity index (χ3v) is 5.66. The molecular weight excluding hydrogens is 298 g/mol. The average Bonchev–Trinajstić information content (AvgIpc) is 2.87. The molecule has 0 unspecified atom stereocenters. The van der Waals surface area contributed by atoms with Gasteiger partial charge in [0, 0.05) is 34.7 Å². The summed E-state index contributed by atoms with van der Waals surface area (Å²) in [4.78, 5) is 20.9. The van der Waals surface area contributed by atoms with Crippen molar-refractivity contribution >= 4 is 27.1 Å². The highest BCUT2D eigenvalue weighted by atomic mass is 32.1. The molecule has 1 saturated carbocycles. The number of thiophene rings is 1. The van der Waals surface area contributed by atoms with Gasteiger partial charge in [-0.15, -0.1) is 11.3 Å². The van der Waals surface area contributed by atoms with Crippen LogP contribution >= 0.6 is 11.3 Å². The minimum atomic E-state index is -0.0460. The van der Waals surface area contributed by atoms with Crippen molar-refractivity contribution in [1.29, 1.82) is 0 Å². The molecule has 2 aliphatic rings. The number of allylic oxidation sites excluding steroid dienone is 1. The molecule has 1 aliphatic heterocycles. The van der Waals surface area contributed by atoms with E-state index in [-0.39, 0.29) is 11.1 Å². The van der Waals surface area contributed by atoms with Crippen molar-refractivity contribution in [2.75, 3.05) is 6.54 Å². The van der Waals surface area contributed by atoms with E-state index >= 15 is 0 Å². The van der Waals surface area contributed by atoms with Crippen LogP contribution in [0.1, 0.15) is 36.9 Å². The van der Waals surface area contributed by atoms with Gasteiger partial charge in [0.1, 0.15) is 10.5 Å². The highest BCUT2D eigenvalue weighted by Crippen LogP contribution is 2.36. The summed E-state index contributed by atoms with van der Waals surface area (Å²) in [5, 5.41) is 0. The maximum absolute atomic E-state index is 12.3. The van der Waals surface area contributed by atoms with Gasteiger partial charge in [-0.05, 0) is 32.3 Å². The zero-order chi connectivity index (χ0) is 15.3. The van der Waals surface area contributed by atoms with Crippen LogP contribution in [0.5, 0.6) is 0 Å². The van der Waals surface area contributed by atoms with E-state index in [1.807, 2.05) is 13.0 Å². The second kappa shape index (κ2) is 4.91. The van der Waals surface area contributed by atoms with E-state index in [2.05, 4.69) is 20.8 Å². The third-order valence-electron chi connectivity index (χ3n) is 4.48. The van der Waals surface area contributed by atoms with E-state index in [0.717, 1.165) is 54.1 Å². The van der Waals surface area contributed by atoms with Gasteiger partial charge in [0.05, 0.1) is 5.52 Å². The molecule has 0 amide bonds. The summed E-state index contributed by atoms with van der Waals surface area (Å²) in [7, 11) is 0. The van der Waals surface area contributed by atoms with Crippen molar-refractivity contribution in [3.05, 3.63) is 32.8 Å². The first-order valence-corrected chi connectivity index (χ1v) is 8.36. The molecule has 0 aromatic carbocycles. The first kappa shape index (κ1) is 13.9. The summed E-state index contributed by atoms with van der Waals surface area (Å²) in [5.74, 6) is 0.743. The summed E-state index contributed by atoms with van der Waals surface area (Å²) in [6, 6.07) is 2.02. The van der Waals surface area contributed by atoms with Gasteiger partial charge < -0.3 is 16.1 Å². The largest absolute Gasteiger partial charge is 0.325 e. The van der Waals surface area contributed by atoms with Crippen molar-refractivity contribution in [2.24, 2.45) is 5.73 Å². The van der Waals surface area contributed by atoms with Gasteiger partial charge in [0.25, 0.3) is 5.56 Å². The van der Waals surface area contributed by atoms with Gasteiger partial charge >= 0.3 is 0 Å². The second-order valence-electron chi connectivity index (χ2n) is 6.28. The van der Waals surface area contributed by atoms with Crippen LogP contribution in [0.3, 0.4) is 0 Å². The van der Waals surface area contributed by atoms with Crippen LogP contribution in [0.25, 0.3) is 15.8 Å². The number of H-pyrrole nitrogens is 1. The van der Waals surface area contributed by atoms with Crippen molar-refractivity contribution < 1.29 is 0 Å². The summed E-state index contributed by atoms with van der Waals surface area (Å²) in [6.45, 7) is 2.79. The summed E-state index contributed by atoms with van der Waals surface area (Å²) >= 11 is 1.50. The number of aromatic nitrogens is 2. The molecule has 7 heteroatoms. The number of rotatable bonds is 4. The van der Waals surface area contributed by atoms with Gasteiger partial charge in [0.2, 0.25) is 0 Å². The van der Waals surface area contributed by atoms with Crippen LogP contribution in [0.4, 0.5) is 0 Å². The minimum absolute atomic E-state index is 0.0174. The smallest absolute Gasteiger partial charge is 0.268 e. The normalized spacial score (nSPS) is 19.7. The van der Waals surface area contributed by atoms with Crippen molar-refractivity contribution in [3.63, 3.8) is 0 Å². The molecule has 6 nitrogen and oxygen atoms in total. The zero-order valence-electron chi connectivity index (χ0n) is 12.5. The molecule has 5 N–H and O–H groups in total. The first-order chi connectivity index (χ1) is 10.5. The molecule has 0 radical (unpaired) electrons. The Morgan fingerprint density at radius 1 is 1.45 bits per heavy atom. The monoisotopic (exact) mass is 317 g/mol. The summed E-state index contributed by atoms with van der Waals surface area (Å²) in [6.07, 6.45) is 3.78. The Bertz CT molecular complexity index is 830. The Hall–Kier alpha value is -1.70. The van der Waals surface area contributed by atoms with E-state index in [4.69, 9.17) is 5.73 Å². The maximum atomic E-state index is 12.3. The van der Waals surface area contributed by atoms with Gasteiger partial charge in [-0.25, -0.2) is 10.4 Å². The molecule has 4 rings (SSSR count). The van der Waals surface area contributed by atoms with Gasteiger partial charge in [-0.1, -0.05) is 0 Å². The van der Waals surface area contributed by atoms with Crippen LogP contribution in [-0.4, -0.2) is 22.1 Å². The lowest BCUT2D eigenvalue weighted by molar-refractivity contribution is 0.596. The molecule has 0 spiro atoms. The lowest BCUT2D eigenvalue weighted by atomic mass is 10.1. The Balaban J connectivity index is 1.68. The molecular formula is C15H19N5OS. The number of aryl methyl sites for hydroxylation is 1. The number of hydrogen-bond donors (Lipinski definition) is 4. The molecule has 22 heavy (non-hydrogen) atoms. The number of fused-ring (bicyclic) bond motifs is 1. The number of nitrogens with one attached hydrogen (secondary N) is 3. The molecule has 3 heterocycles. The predicted octanol–water partition coefficient (Wildman–Crippen LogP) is 1.25. The first-order valence-electron chi connectivity index (χ1n) is 7.55. The lowest BCUT2D eigenvalue weighted by Crippen LogP contribution is -2.23. The van der Waals surface area contributed by atoms with Crippen molar-refractivity contribution in [3.8, 4) is 0 Å². The van der Waals surface area contributed by atoms with E-state index in [0.29, 0.717) is 4.70 Å². The summed E-state index contributed by atoms with van der Waals surface area (Å²) in [5.41, 5.74) is 15.3. The number of aromatic amines is 1. The fourth-order valence-electron chi connectivity index (χ4n) is 2.78. The van der Waals surface area contributed by atoms with E-state index < -0.39 is 0 Å². The molecule has 0 atom stereocenters. The van der Waals surface area contributed by atoms with Crippen molar-refractivity contribution in [1.82, 2.24) is 20.8 Å². The Labute approximate surface area is 131 Å². The molecule has 2 aromatic rings. The fourth-order valence-corrected chi connectivity index (χ4v) is 3.87. The van der Waals surface area contributed by atoms with Crippen LogP contribution in [0, 0.1) is 0 Å². The molecule has 0 bridgehead atoms. The van der Waals surface area contributed by atoms with Gasteiger partial charge in [0.15, 0.2) is 0 Å². The quantitative estimate of drug-likeness (QED) is 0.680. The fraction of sp³-hybridized carbons (Fsp3) is 0.467. The highest BCUT2D eigenvalue weighted by Gasteiger charge is 2.37. The van der Waals surface area contributed by atoms with Crippen LogP contribution in [0.15, 0.2) is 16.6 Å². The summed E-state index contributed by atoms with van der Waals surface area (Å²) < 4.78 is 0.694. The number of hydrazine groups is 1. The Morgan fingerprint density at radius 3 is 2.95 bits per heavy atom. The minimum Gasteiger partial charge on any atom is -0.325 e. The lowest BCUT2D eigenvalue weighted by Gasteiger charge is -2.06. The van der Waals surface area contributed by atoms with E-state index in [1.54, 1.807) is 0 Å². The van der Waals surface area contributed by atoms with Gasteiger partial charge in [-0.3, -0.25) is 4.79 Å². The van der Waals surface area contributed by atoms with E-state index in [9.17, 15) is 4.79 Å². The van der Waals surface area contributed by atoms with Crippen LogP contribution in [-0.2, 0) is 6.42 Å². The third kappa shape index (κ3) is 2.45.